The largest absolute Gasteiger partial charge is 0.317 e. The van der Waals surface area contributed by atoms with E-state index in [1.165, 1.54) is 38.9 Å². The van der Waals surface area contributed by atoms with Crippen molar-refractivity contribution in [2.75, 3.05) is 26.7 Å². The van der Waals surface area contributed by atoms with Gasteiger partial charge < -0.3 is 10.2 Å². The van der Waals surface area contributed by atoms with Gasteiger partial charge in [-0.15, -0.1) is 0 Å². The summed E-state index contributed by atoms with van der Waals surface area (Å²) in [5.74, 6) is 0. The lowest BCUT2D eigenvalue weighted by atomic mass is 10.2. The summed E-state index contributed by atoms with van der Waals surface area (Å²) >= 11 is 0. The minimum Gasteiger partial charge on any atom is -0.317 e. The molecular weight excluding hydrogens is 160 g/mol. The first kappa shape index (κ1) is 12.9. The van der Waals surface area contributed by atoms with Crippen LogP contribution in [0.4, 0.5) is 0 Å². The van der Waals surface area contributed by atoms with Crippen LogP contribution in [0.1, 0.15) is 40.0 Å². The molecule has 0 aromatic carbocycles. The minimum atomic E-state index is 0.649. The standard InChI is InChI=1S/C11H26N2/c1-5-8-13(9-6-2)10-7-11(3)12-4/h11-12H,5-10H2,1-4H3. The molecule has 0 saturated heterocycles. The molecule has 0 bridgehead atoms. The highest BCUT2D eigenvalue weighted by Gasteiger charge is 2.04. The van der Waals surface area contributed by atoms with E-state index in [-0.39, 0.29) is 0 Å². The van der Waals surface area contributed by atoms with E-state index in [0.29, 0.717) is 6.04 Å². The summed E-state index contributed by atoms with van der Waals surface area (Å²) in [7, 11) is 2.04. The molecule has 0 aromatic heterocycles. The maximum absolute atomic E-state index is 3.28. The van der Waals surface area contributed by atoms with Crippen molar-refractivity contribution in [2.24, 2.45) is 0 Å². The molecule has 0 amide bonds. The van der Waals surface area contributed by atoms with Crippen LogP contribution >= 0.6 is 0 Å². The summed E-state index contributed by atoms with van der Waals surface area (Å²) in [5, 5.41) is 3.28. The van der Waals surface area contributed by atoms with E-state index in [4.69, 9.17) is 0 Å². The molecule has 0 saturated carbocycles. The van der Waals surface area contributed by atoms with Crippen molar-refractivity contribution in [3.63, 3.8) is 0 Å². The van der Waals surface area contributed by atoms with Crippen molar-refractivity contribution in [3.8, 4) is 0 Å². The van der Waals surface area contributed by atoms with Crippen LogP contribution < -0.4 is 5.32 Å². The van der Waals surface area contributed by atoms with Crippen molar-refractivity contribution in [1.82, 2.24) is 10.2 Å². The zero-order chi connectivity index (χ0) is 10.1. The van der Waals surface area contributed by atoms with Crippen molar-refractivity contribution < 1.29 is 0 Å². The Kier molecular flexibility index (Phi) is 8.46. The van der Waals surface area contributed by atoms with Crippen molar-refractivity contribution in [1.29, 1.82) is 0 Å². The Labute approximate surface area is 83.7 Å². The third-order valence-corrected chi connectivity index (χ3v) is 2.45. The van der Waals surface area contributed by atoms with Gasteiger partial charge in [0, 0.05) is 6.04 Å². The van der Waals surface area contributed by atoms with Crippen LogP contribution in [0.3, 0.4) is 0 Å². The zero-order valence-electron chi connectivity index (χ0n) is 9.77. The third-order valence-electron chi connectivity index (χ3n) is 2.45. The second-order valence-corrected chi connectivity index (χ2v) is 3.82. The van der Waals surface area contributed by atoms with Gasteiger partial charge >= 0.3 is 0 Å². The molecule has 1 atom stereocenters. The van der Waals surface area contributed by atoms with Crippen molar-refractivity contribution >= 4 is 0 Å². The monoisotopic (exact) mass is 186 g/mol. The average Bonchev–Trinajstić information content (AvgIpc) is 2.14. The van der Waals surface area contributed by atoms with Gasteiger partial charge in [0.25, 0.3) is 0 Å². The van der Waals surface area contributed by atoms with Crippen LogP contribution in [0, 0.1) is 0 Å². The molecule has 0 spiro atoms. The van der Waals surface area contributed by atoms with E-state index in [1.54, 1.807) is 0 Å². The maximum Gasteiger partial charge on any atom is 0.00479 e. The molecule has 0 rings (SSSR count). The van der Waals surface area contributed by atoms with Crippen molar-refractivity contribution in [3.05, 3.63) is 0 Å². The van der Waals surface area contributed by atoms with Gasteiger partial charge in [0.05, 0.1) is 0 Å². The normalized spacial score (nSPS) is 13.6. The molecule has 80 valence electrons. The lowest BCUT2D eigenvalue weighted by molar-refractivity contribution is 0.261. The van der Waals surface area contributed by atoms with Crippen LogP contribution in [0.2, 0.25) is 0 Å². The number of nitrogens with one attached hydrogen (secondary N) is 1. The summed E-state index contributed by atoms with van der Waals surface area (Å²) in [5.41, 5.74) is 0. The molecule has 1 unspecified atom stereocenters. The lowest BCUT2D eigenvalue weighted by Crippen LogP contribution is -2.31. The maximum atomic E-state index is 3.28. The molecule has 0 aromatic rings. The minimum absolute atomic E-state index is 0.649. The van der Waals surface area contributed by atoms with Gasteiger partial charge in [-0.1, -0.05) is 13.8 Å². The highest BCUT2D eigenvalue weighted by Crippen LogP contribution is 1.98. The first-order valence-corrected chi connectivity index (χ1v) is 5.64. The van der Waals surface area contributed by atoms with Gasteiger partial charge in [-0.2, -0.15) is 0 Å². The smallest absolute Gasteiger partial charge is 0.00479 e. The summed E-state index contributed by atoms with van der Waals surface area (Å²) < 4.78 is 0. The van der Waals surface area contributed by atoms with Crippen LogP contribution in [-0.4, -0.2) is 37.6 Å². The Bertz CT molecular complexity index is 98.3. The number of rotatable bonds is 8. The Balaban J connectivity index is 3.55. The first-order valence-electron chi connectivity index (χ1n) is 5.64. The van der Waals surface area contributed by atoms with Crippen LogP contribution in [0.25, 0.3) is 0 Å². The topological polar surface area (TPSA) is 15.3 Å². The summed E-state index contributed by atoms with van der Waals surface area (Å²) in [6, 6.07) is 0.649. The second kappa shape index (κ2) is 8.52. The van der Waals surface area contributed by atoms with Crippen molar-refractivity contribution in [2.45, 2.75) is 46.1 Å². The van der Waals surface area contributed by atoms with E-state index < -0.39 is 0 Å². The van der Waals surface area contributed by atoms with Crippen LogP contribution in [0.15, 0.2) is 0 Å². The van der Waals surface area contributed by atoms with E-state index >= 15 is 0 Å². The SMILES string of the molecule is CCCN(CCC)CCC(C)NC. The predicted octanol–water partition coefficient (Wildman–Crippen LogP) is 2.11. The van der Waals surface area contributed by atoms with Gasteiger partial charge in [-0.25, -0.2) is 0 Å². The molecule has 1 N–H and O–H groups in total. The Morgan fingerprint density at radius 2 is 1.62 bits per heavy atom. The highest BCUT2D eigenvalue weighted by atomic mass is 15.1. The van der Waals surface area contributed by atoms with Gasteiger partial charge in [0.1, 0.15) is 0 Å². The summed E-state index contributed by atoms with van der Waals surface area (Å²) in [6.45, 7) is 10.5. The molecular formula is C11H26N2. The van der Waals surface area contributed by atoms with E-state index in [0.717, 1.165) is 0 Å². The molecule has 0 radical (unpaired) electrons. The Morgan fingerprint density at radius 3 is 2.00 bits per heavy atom. The third kappa shape index (κ3) is 7.03. The summed E-state index contributed by atoms with van der Waals surface area (Å²) in [4.78, 5) is 2.56. The second-order valence-electron chi connectivity index (χ2n) is 3.82. The van der Waals surface area contributed by atoms with Gasteiger partial charge in [-0.3, -0.25) is 0 Å². The molecule has 0 aliphatic carbocycles. The van der Waals surface area contributed by atoms with Gasteiger partial charge in [-0.05, 0) is 52.9 Å². The Hall–Kier alpha value is -0.0800. The molecule has 0 heterocycles. The fourth-order valence-corrected chi connectivity index (χ4v) is 1.49. The zero-order valence-corrected chi connectivity index (χ0v) is 9.77. The quantitative estimate of drug-likeness (QED) is 0.624. The average molecular weight is 186 g/mol. The Morgan fingerprint density at radius 1 is 1.08 bits per heavy atom. The molecule has 0 aliphatic rings. The highest BCUT2D eigenvalue weighted by molar-refractivity contribution is 4.62. The summed E-state index contributed by atoms with van der Waals surface area (Å²) in [6.07, 6.45) is 3.80. The van der Waals surface area contributed by atoms with E-state index in [1.807, 2.05) is 7.05 Å². The van der Waals surface area contributed by atoms with Crippen LogP contribution in [-0.2, 0) is 0 Å². The number of nitrogens with zero attached hydrogens (tertiary/aromatic N) is 1. The van der Waals surface area contributed by atoms with E-state index in [2.05, 4.69) is 31.0 Å². The molecule has 0 fully saturated rings. The molecule has 0 aliphatic heterocycles. The molecule has 13 heavy (non-hydrogen) atoms. The predicted molar refractivity (Wildman–Crippen MR) is 60.2 cm³/mol. The molecule has 2 nitrogen and oxygen atoms in total. The number of hydrogen-bond acceptors (Lipinski definition) is 2. The number of hydrogen-bond donors (Lipinski definition) is 1. The van der Waals surface area contributed by atoms with E-state index in [9.17, 15) is 0 Å². The first-order chi connectivity index (χ1) is 6.24. The van der Waals surface area contributed by atoms with Gasteiger partial charge in [0.2, 0.25) is 0 Å². The van der Waals surface area contributed by atoms with Gasteiger partial charge in [0.15, 0.2) is 0 Å². The van der Waals surface area contributed by atoms with Crippen LogP contribution in [0.5, 0.6) is 0 Å². The fraction of sp³-hybridized carbons (Fsp3) is 1.00. The molecule has 2 heteroatoms. The lowest BCUT2D eigenvalue weighted by Gasteiger charge is -2.22. The fourth-order valence-electron chi connectivity index (χ4n) is 1.49.